The second kappa shape index (κ2) is 7.77. The zero-order valence-corrected chi connectivity index (χ0v) is 13.6. The average Bonchev–Trinajstić information content (AvgIpc) is 2.79. The van der Waals surface area contributed by atoms with E-state index in [0.717, 1.165) is 38.6 Å². The van der Waals surface area contributed by atoms with Gasteiger partial charge in [-0.05, 0) is 50.0 Å². The van der Waals surface area contributed by atoms with E-state index in [1.165, 1.54) is 17.1 Å². The first kappa shape index (κ1) is 17.0. The van der Waals surface area contributed by atoms with Gasteiger partial charge in [-0.15, -0.1) is 0 Å². The minimum absolute atomic E-state index is 0.110. The molecule has 5 heteroatoms. The van der Waals surface area contributed by atoms with Crippen LogP contribution in [0.3, 0.4) is 0 Å². The lowest BCUT2D eigenvalue weighted by Crippen LogP contribution is -2.40. The third-order valence-electron chi connectivity index (χ3n) is 4.71. The van der Waals surface area contributed by atoms with Gasteiger partial charge in [-0.3, -0.25) is 9.59 Å². The number of hydrogen-bond donors (Lipinski definition) is 2. The molecule has 5 nitrogen and oxygen atoms in total. The van der Waals surface area contributed by atoms with Crippen LogP contribution in [0.15, 0.2) is 12.2 Å². The summed E-state index contributed by atoms with van der Waals surface area (Å²) < 4.78 is 0. The first-order chi connectivity index (χ1) is 10.5. The van der Waals surface area contributed by atoms with Crippen LogP contribution in [0.25, 0.3) is 0 Å². The minimum atomic E-state index is -0.774. The molecule has 0 radical (unpaired) electrons. The van der Waals surface area contributed by atoms with E-state index in [1.807, 2.05) is 0 Å². The normalized spacial score (nSPS) is 28.5. The summed E-state index contributed by atoms with van der Waals surface area (Å²) in [6, 6.07) is 0. The molecule has 1 aliphatic carbocycles. The molecule has 1 unspecified atom stereocenters. The van der Waals surface area contributed by atoms with Crippen molar-refractivity contribution in [3.63, 3.8) is 0 Å². The van der Waals surface area contributed by atoms with Gasteiger partial charge in [-0.1, -0.05) is 13.8 Å². The molecule has 0 aromatic heterocycles. The van der Waals surface area contributed by atoms with Crippen molar-refractivity contribution in [3.05, 3.63) is 12.2 Å². The molecule has 1 aliphatic heterocycles. The molecule has 1 fully saturated rings. The van der Waals surface area contributed by atoms with Crippen LogP contribution in [0.4, 0.5) is 0 Å². The number of carbonyl (C=O) groups is 2. The summed E-state index contributed by atoms with van der Waals surface area (Å²) in [6.07, 6.45) is 6.84. The maximum Gasteiger partial charge on any atom is 0.248 e. The number of amides is 2. The van der Waals surface area contributed by atoms with Crippen molar-refractivity contribution in [2.75, 3.05) is 13.1 Å². The number of hydrogen-bond acceptors (Lipinski definition) is 3. The molecule has 0 aromatic carbocycles. The van der Waals surface area contributed by atoms with Crippen LogP contribution >= 0.6 is 0 Å². The Balaban J connectivity index is 1.69. The summed E-state index contributed by atoms with van der Waals surface area (Å²) >= 11 is 0. The maximum absolute atomic E-state index is 12.1. The SMILES string of the molecule is CC(C)CCNC(=O)C1CCC(CN2C(=O)C=CC2O)CC1. The molecule has 2 rings (SSSR count). The first-order valence-corrected chi connectivity index (χ1v) is 8.42. The van der Waals surface area contributed by atoms with Crippen molar-refractivity contribution in [1.82, 2.24) is 10.2 Å². The highest BCUT2D eigenvalue weighted by Crippen LogP contribution is 2.30. The average molecular weight is 308 g/mol. The fraction of sp³-hybridized carbons (Fsp3) is 0.765. The second-order valence-corrected chi connectivity index (χ2v) is 6.95. The van der Waals surface area contributed by atoms with Gasteiger partial charge in [0.2, 0.25) is 11.8 Å². The van der Waals surface area contributed by atoms with Crippen LogP contribution in [0.5, 0.6) is 0 Å². The predicted molar refractivity (Wildman–Crippen MR) is 84.8 cm³/mol. The van der Waals surface area contributed by atoms with Crippen LogP contribution in [0.1, 0.15) is 46.0 Å². The Labute approximate surface area is 132 Å². The van der Waals surface area contributed by atoms with Crippen LogP contribution in [0, 0.1) is 17.8 Å². The largest absolute Gasteiger partial charge is 0.370 e. The number of nitrogens with one attached hydrogen (secondary N) is 1. The van der Waals surface area contributed by atoms with E-state index >= 15 is 0 Å². The van der Waals surface area contributed by atoms with E-state index in [9.17, 15) is 14.7 Å². The number of aliphatic hydroxyl groups is 1. The Morgan fingerprint density at radius 2 is 2.05 bits per heavy atom. The predicted octanol–water partition coefficient (Wildman–Crippen LogP) is 1.67. The molecule has 22 heavy (non-hydrogen) atoms. The summed E-state index contributed by atoms with van der Waals surface area (Å²) in [5.41, 5.74) is 0. The quantitative estimate of drug-likeness (QED) is 0.784. The Morgan fingerprint density at radius 3 is 2.59 bits per heavy atom. The Kier molecular flexibility index (Phi) is 6.00. The lowest BCUT2D eigenvalue weighted by molar-refractivity contribution is -0.132. The summed E-state index contributed by atoms with van der Waals surface area (Å²) in [5, 5.41) is 12.8. The summed E-state index contributed by atoms with van der Waals surface area (Å²) in [4.78, 5) is 25.2. The molecule has 0 bridgehead atoms. The maximum atomic E-state index is 12.1. The highest BCUT2D eigenvalue weighted by atomic mass is 16.3. The second-order valence-electron chi connectivity index (χ2n) is 6.95. The van der Waals surface area contributed by atoms with Crippen molar-refractivity contribution in [2.24, 2.45) is 17.8 Å². The number of nitrogens with zero attached hydrogens (tertiary/aromatic N) is 1. The van der Waals surface area contributed by atoms with Gasteiger partial charge in [0.15, 0.2) is 0 Å². The summed E-state index contributed by atoms with van der Waals surface area (Å²) in [5.74, 6) is 1.17. The van der Waals surface area contributed by atoms with Crippen molar-refractivity contribution < 1.29 is 14.7 Å². The van der Waals surface area contributed by atoms with Crippen molar-refractivity contribution in [2.45, 2.75) is 52.2 Å². The molecule has 2 amide bonds. The monoisotopic (exact) mass is 308 g/mol. The number of rotatable bonds is 6. The molecule has 1 saturated carbocycles. The molecule has 0 spiro atoms. The molecule has 124 valence electrons. The van der Waals surface area contributed by atoms with Crippen LogP contribution < -0.4 is 5.32 Å². The zero-order chi connectivity index (χ0) is 16.1. The van der Waals surface area contributed by atoms with Gasteiger partial charge in [0.05, 0.1) is 0 Å². The molecule has 1 heterocycles. The smallest absolute Gasteiger partial charge is 0.248 e. The standard InChI is InChI=1S/C17H28N2O3/c1-12(2)9-10-18-17(22)14-5-3-13(4-6-14)11-19-15(20)7-8-16(19)21/h7-8,12-15,20H,3-6,9-11H2,1-2H3,(H,18,22). The molecule has 1 atom stereocenters. The van der Waals surface area contributed by atoms with Crippen molar-refractivity contribution >= 4 is 11.8 Å². The van der Waals surface area contributed by atoms with Crippen molar-refractivity contribution in [3.8, 4) is 0 Å². The van der Waals surface area contributed by atoms with E-state index in [-0.39, 0.29) is 17.7 Å². The molecular formula is C17H28N2O3. The van der Waals surface area contributed by atoms with Gasteiger partial charge in [0, 0.05) is 25.1 Å². The van der Waals surface area contributed by atoms with Gasteiger partial charge in [0.25, 0.3) is 0 Å². The van der Waals surface area contributed by atoms with Crippen molar-refractivity contribution in [1.29, 1.82) is 0 Å². The van der Waals surface area contributed by atoms with E-state index in [4.69, 9.17) is 0 Å². The van der Waals surface area contributed by atoms with Gasteiger partial charge in [0.1, 0.15) is 6.23 Å². The van der Waals surface area contributed by atoms with E-state index in [1.54, 1.807) is 0 Å². The molecule has 2 aliphatic rings. The first-order valence-electron chi connectivity index (χ1n) is 8.42. The van der Waals surface area contributed by atoms with Gasteiger partial charge < -0.3 is 15.3 Å². The topological polar surface area (TPSA) is 69.6 Å². The highest BCUT2D eigenvalue weighted by molar-refractivity contribution is 5.90. The Bertz CT molecular complexity index is 426. The van der Waals surface area contributed by atoms with E-state index in [2.05, 4.69) is 19.2 Å². The number of carbonyl (C=O) groups excluding carboxylic acids is 2. The molecule has 0 saturated heterocycles. The third kappa shape index (κ3) is 4.57. The molecular weight excluding hydrogens is 280 g/mol. The molecule has 0 aromatic rings. The lowest BCUT2D eigenvalue weighted by Gasteiger charge is -2.31. The van der Waals surface area contributed by atoms with Gasteiger partial charge >= 0.3 is 0 Å². The fourth-order valence-electron chi connectivity index (χ4n) is 3.21. The minimum Gasteiger partial charge on any atom is -0.370 e. The fourth-order valence-corrected chi connectivity index (χ4v) is 3.21. The van der Waals surface area contributed by atoms with E-state index in [0.29, 0.717) is 18.4 Å². The Hall–Kier alpha value is -1.36. The zero-order valence-electron chi connectivity index (χ0n) is 13.6. The molecule has 2 N–H and O–H groups in total. The third-order valence-corrected chi connectivity index (χ3v) is 4.71. The van der Waals surface area contributed by atoms with Crippen LogP contribution in [-0.4, -0.2) is 41.1 Å². The lowest BCUT2D eigenvalue weighted by atomic mass is 9.81. The summed E-state index contributed by atoms with van der Waals surface area (Å²) in [6.45, 7) is 5.66. The number of aliphatic hydroxyl groups excluding tert-OH is 1. The van der Waals surface area contributed by atoms with Crippen LogP contribution in [-0.2, 0) is 9.59 Å². The van der Waals surface area contributed by atoms with Crippen LogP contribution in [0.2, 0.25) is 0 Å². The van der Waals surface area contributed by atoms with Gasteiger partial charge in [-0.2, -0.15) is 0 Å². The van der Waals surface area contributed by atoms with Gasteiger partial charge in [-0.25, -0.2) is 0 Å². The Morgan fingerprint density at radius 1 is 1.36 bits per heavy atom. The highest BCUT2D eigenvalue weighted by Gasteiger charge is 2.31. The van der Waals surface area contributed by atoms with E-state index < -0.39 is 6.23 Å². The summed E-state index contributed by atoms with van der Waals surface area (Å²) in [7, 11) is 0.